The zero-order valence-corrected chi connectivity index (χ0v) is 11.1. The molecular weight excluding hydrogens is 246 g/mol. The number of anilines is 1. The van der Waals surface area contributed by atoms with Crippen LogP contribution >= 0.6 is 23.1 Å². The van der Waals surface area contributed by atoms with Crippen LogP contribution in [0.3, 0.4) is 0 Å². The van der Waals surface area contributed by atoms with Crippen LogP contribution in [0.1, 0.15) is 0 Å². The van der Waals surface area contributed by atoms with Crippen molar-refractivity contribution >= 4 is 34.1 Å². The number of amides is 1. The molecule has 1 heterocycles. The minimum Gasteiger partial charge on any atom is -0.368 e. The highest BCUT2D eigenvalue weighted by Crippen LogP contribution is 2.27. The molecular formula is C8H15N5OS2. The molecule has 3 N–H and O–H groups in total. The molecule has 0 aliphatic rings. The largest absolute Gasteiger partial charge is 0.368 e. The van der Waals surface area contributed by atoms with Gasteiger partial charge < -0.3 is 16.0 Å². The molecule has 1 unspecified atom stereocenters. The average Bonchev–Trinajstić information content (AvgIpc) is 2.67. The van der Waals surface area contributed by atoms with Gasteiger partial charge in [-0.2, -0.15) is 0 Å². The molecule has 0 saturated carbocycles. The summed E-state index contributed by atoms with van der Waals surface area (Å²) in [5.74, 6) is 0.209. The summed E-state index contributed by atoms with van der Waals surface area (Å²) in [6.07, 6.45) is 0. The summed E-state index contributed by atoms with van der Waals surface area (Å²) in [6.45, 7) is 0. The predicted molar refractivity (Wildman–Crippen MR) is 67.0 cm³/mol. The molecule has 6 nitrogen and oxygen atoms in total. The second kappa shape index (κ2) is 6.02. The average molecular weight is 261 g/mol. The molecule has 90 valence electrons. The standard InChI is InChI=1S/C8H15N5OS2/c1-10-5(6(9)14)4-15-8-12-11-7(16-8)13(2)3/h5,10H,4H2,1-3H3,(H2,9,14). The minimum absolute atomic E-state index is 0.336. The maximum atomic E-state index is 11.0. The van der Waals surface area contributed by atoms with Crippen molar-refractivity contribution in [1.29, 1.82) is 0 Å². The maximum Gasteiger partial charge on any atom is 0.235 e. The van der Waals surface area contributed by atoms with Crippen LogP contribution in [0.25, 0.3) is 0 Å². The van der Waals surface area contributed by atoms with Crippen molar-refractivity contribution in [2.24, 2.45) is 5.73 Å². The van der Waals surface area contributed by atoms with Gasteiger partial charge >= 0.3 is 0 Å². The molecule has 0 aliphatic heterocycles. The summed E-state index contributed by atoms with van der Waals surface area (Å²) in [7, 11) is 5.53. The number of hydrogen-bond acceptors (Lipinski definition) is 7. The van der Waals surface area contributed by atoms with E-state index in [-0.39, 0.29) is 11.9 Å². The zero-order valence-electron chi connectivity index (χ0n) is 9.43. The molecule has 0 radical (unpaired) electrons. The SMILES string of the molecule is CNC(CSc1nnc(N(C)C)s1)C(N)=O. The van der Waals surface area contributed by atoms with Gasteiger partial charge in [-0.15, -0.1) is 10.2 Å². The van der Waals surface area contributed by atoms with Gasteiger partial charge in [0.25, 0.3) is 0 Å². The number of nitrogens with one attached hydrogen (secondary N) is 1. The maximum absolute atomic E-state index is 11.0. The monoisotopic (exact) mass is 261 g/mol. The Morgan fingerprint density at radius 2 is 2.31 bits per heavy atom. The van der Waals surface area contributed by atoms with Crippen molar-refractivity contribution in [3.63, 3.8) is 0 Å². The number of rotatable bonds is 6. The van der Waals surface area contributed by atoms with Crippen LogP contribution in [0.2, 0.25) is 0 Å². The van der Waals surface area contributed by atoms with Crippen molar-refractivity contribution in [2.75, 3.05) is 31.8 Å². The molecule has 1 aromatic rings. The zero-order chi connectivity index (χ0) is 12.1. The lowest BCUT2D eigenvalue weighted by Gasteiger charge is -2.09. The van der Waals surface area contributed by atoms with E-state index in [4.69, 9.17) is 5.73 Å². The van der Waals surface area contributed by atoms with E-state index >= 15 is 0 Å². The number of carbonyl (C=O) groups excluding carboxylic acids is 1. The fraction of sp³-hybridized carbons (Fsp3) is 0.625. The van der Waals surface area contributed by atoms with Gasteiger partial charge in [0.2, 0.25) is 11.0 Å². The van der Waals surface area contributed by atoms with Gasteiger partial charge in [0.15, 0.2) is 4.34 Å². The van der Waals surface area contributed by atoms with Crippen LogP contribution in [0, 0.1) is 0 Å². The van der Waals surface area contributed by atoms with Crippen LogP contribution < -0.4 is 16.0 Å². The molecule has 0 aromatic carbocycles. The number of primary amides is 1. The second-order valence-corrected chi connectivity index (χ2v) is 5.52. The third-order valence-electron chi connectivity index (χ3n) is 1.84. The van der Waals surface area contributed by atoms with E-state index in [1.165, 1.54) is 23.1 Å². The fourth-order valence-corrected chi connectivity index (χ4v) is 2.81. The first-order valence-corrected chi connectivity index (χ1v) is 6.45. The van der Waals surface area contributed by atoms with Crippen molar-refractivity contribution in [3.8, 4) is 0 Å². The normalized spacial score (nSPS) is 12.4. The quantitative estimate of drug-likeness (QED) is 0.688. The predicted octanol–water partition coefficient (Wildman–Crippen LogP) is -0.231. The minimum atomic E-state index is -0.354. The Hall–Kier alpha value is -0.860. The molecule has 1 amide bonds. The fourth-order valence-electron chi connectivity index (χ4n) is 0.904. The third-order valence-corrected chi connectivity index (χ3v) is 4.16. The number of hydrogen-bond donors (Lipinski definition) is 2. The van der Waals surface area contributed by atoms with Crippen LogP contribution in [-0.2, 0) is 4.79 Å². The van der Waals surface area contributed by atoms with E-state index in [1.807, 2.05) is 19.0 Å². The van der Waals surface area contributed by atoms with Gasteiger partial charge in [-0.25, -0.2) is 0 Å². The summed E-state index contributed by atoms with van der Waals surface area (Å²) in [4.78, 5) is 12.9. The van der Waals surface area contributed by atoms with Crippen molar-refractivity contribution in [2.45, 2.75) is 10.4 Å². The van der Waals surface area contributed by atoms with Crippen LogP contribution in [-0.4, -0.2) is 49.0 Å². The molecule has 0 aliphatic carbocycles. The van der Waals surface area contributed by atoms with Crippen molar-refractivity contribution in [3.05, 3.63) is 0 Å². The molecule has 1 rings (SSSR count). The van der Waals surface area contributed by atoms with Gasteiger partial charge in [-0.05, 0) is 7.05 Å². The first-order chi connectivity index (χ1) is 7.54. The third kappa shape index (κ3) is 3.62. The first-order valence-electron chi connectivity index (χ1n) is 4.64. The van der Waals surface area contributed by atoms with Crippen molar-refractivity contribution < 1.29 is 4.79 Å². The summed E-state index contributed by atoms with van der Waals surface area (Å²) in [5.41, 5.74) is 5.21. The highest BCUT2D eigenvalue weighted by Gasteiger charge is 2.14. The molecule has 0 spiro atoms. The molecule has 16 heavy (non-hydrogen) atoms. The Labute approximate surface area is 103 Å². The Kier molecular flexibility index (Phi) is 4.97. The van der Waals surface area contributed by atoms with E-state index in [9.17, 15) is 4.79 Å². The lowest BCUT2D eigenvalue weighted by molar-refractivity contribution is -0.119. The Bertz CT molecular complexity index is 354. The van der Waals surface area contributed by atoms with Gasteiger partial charge in [0.05, 0.1) is 6.04 Å². The molecule has 0 fully saturated rings. The summed E-state index contributed by atoms with van der Waals surface area (Å²) >= 11 is 2.97. The Morgan fingerprint density at radius 3 is 2.75 bits per heavy atom. The van der Waals surface area contributed by atoms with E-state index < -0.39 is 0 Å². The van der Waals surface area contributed by atoms with Gasteiger partial charge in [0, 0.05) is 19.8 Å². The molecule has 1 aromatic heterocycles. The van der Waals surface area contributed by atoms with E-state index in [0.29, 0.717) is 5.75 Å². The summed E-state index contributed by atoms with van der Waals surface area (Å²) < 4.78 is 0.838. The number of carbonyl (C=O) groups is 1. The number of nitrogens with zero attached hydrogens (tertiary/aromatic N) is 3. The topological polar surface area (TPSA) is 84.1 Å². The Balaban J connectivity index is 2.50. The highest BCUT2D eigenvalue weighted by molar-refractivity contribution is 8.01. The lowest BCUT2D eigenvalue weighted by atomic mass is 10.3. The number of aromatic nitrogens is 2. The van der Waals surface area contributed by atoms with Gasteiger partial charge in [0.1, 0.15) is 0 Å². The number of nitrogens with two attached hydrogens (primary N) is 1. The van der Waals surface area contributed by atoms with E-state index in [2.05, 4.69) is 15.5 Å². The smallest absolute Gasteiger partial charge is 0.235 e. The number of likely N-dealkylation sites (N-methyl/N-ethyl adjacent to an activating group) is 1. The molecule has 8 heteroatoms. The second-order valence-electron chi connectivity index (χ2n) is 3.30. The van der Waals surface area contributed by atoms with E-state index in [1.54, 1.807) is 7.05 Å². The first kappa shape index (κ1) is 13.2. The molecule has 0 saturated heterocycles. The summed E-state index contributed by atoms with van der Waals surface area (Å²) in [6, 6.07) is -0.336. The highest BCUT2D eigenvalue weighted by atomic mass is 32.2. The summed E-state index contributed by atoms with van der Waals surface area (Å²) in [5, 5.41) is 11.7. The van der Waals surface area contributed by atoms with Gasteiger partial charge in [-0.3, -0.25) is 4.79 Å². The van der Waals surface area contributed by atoms with Crippen LogP contribution in [0.15, 0.2) is 4.34 Å². The van der Waals surface area contributed by atoms with Crippen LogP contribution in [0.4, 0.5) is 5.13 Å². The van der Waals surface area contributed by atoms with E-state index in [0.717, 1.165) is 9.47 Å². The molecule has 1 atom stereocenters. The van der Waals surface area contributed by atoms with Crippen LogP contribution in [0.5, 0.6) is 0 Å². The van der Waals surface area contributed by atoms with Crippen molar-refractivity contribution in [1.82, 2.24) is 15.5 Å². The molecule has 0 bridgehead atoms. The lowest BCUT2D eigenvalue weighted by Crippen LogP contribution is -2.41. The number of thioether (sulfide) groups is 1. The van der Waals surface area contributed by atoms with Gasteiger partial charge in [-0.1, -0.05) is 23.1 Å². The Morgan fingerprint density at radius 1 is 1.62 bits per heavy atom.